The fourth-order valence-electron chi connectivity index (χ4n) is 2.11. The highest BCUT2D eigenvalue weighted by molar-refractivity contribution is 7.91. The summed E-state index contributed by atoms with van der Waals surface area (Å²) in [7, 11) is -2.88. The minimum Gasteiger partial charge on any atom is -0.445 e. The van der Waals surface area contributed by atoms with Gasteiger partial charge in [0.2, 0.25) is 0 Å². The number of hydrogen-bond acceptors (Lipinski definition) is 5. The molecule has 5 nitrogen and oxygen atoms in total. The molecule has 1 fully saturated rings. The Balaban J connectivity index is 2.12. The molecule has 2 N–H and O–H groups in total. The zero-order valence-electron chi connectivity index (χ0n) is 9.98. The van der Waals surface area contributed by atoms with Crippen molar-refractivity contribution in [2.45, 2.75) is 32.1 Å². The lowest BCUT2D eigenvalue weighted by molar-refractivity contribution is 0.425. The van der Waals surface area contributed by atoms with Gasteiger partial charge in [0.05, 0.1) is 23.1 Å². The van der Waals surface area contributed by atoms with Crippen LogP contribution >= 0.6 is 0 Å². The second-order valence-electron chi connectivity index (χ2n) is 4.55. The van der Waals surface area contributed by atoms with Gasteiger partial charge in [-0.3, -0.25) is 0 Å². The molecule has 1 aliphatic rings. The van der Waals surface area contributed by atoms with Crippen LogP contribution in [0.15, 0.2) is 4.42 Å². The first-order chi connectivity index (χ1) is 8.02. The van der Waals surface area contributed by atoms with E-state index in [1.165, 1.54) is 0 Å². The van der Waals surface area contributed by atoms with Crippen LogP contribution in [0.5, 0.6) is 0 Å². The average Bonchev–Trinajstić information content (AvgIpc) is 2.79. The smallest absolute Gasteiger partial charge is 0.198 e. The highest BCUT2D eigenvalue weighted by atomic mass is 32.2. The number of oxazole rings is 1. The van der Waals surface area contributed by atoms with Crippen LogP contribution in [0.1, 0.15) is 36.1 Å². The van der Waals surface area contributed by atoms with Gasteiger partial charge in [0.25, 0.3) is 0 Å². The maximum Gasteiger partial charge on any atom is 0.198 e. The third-order valence-corrected chi connectivity index (χ3v) is 4.87. The van der Waals surface area contributed by atoms with E-state index in [2.05, 4.69) is 4.98 Å². The molecule has 1 aromatic rings. The quantitative estimate of drug-likeness (QED) is 0.862. The maximum atomic E-state index is 11.4. The fraction of sp³-hybridized carbons (Fsp3) is 0.727. The number of nitrogens with two attached hydrogens (primary N) is 1. The molecular formula is C11H18N2O3S. The van der Waals surface area contributed by atoms with Gasteiger partial charge < -0.3 is 10.2 Å². The fourth-order valence-corrected chi connectivity index (χ4v) is 3.84. The van der Waals surface area contributed by atoms with Crippen LogP contribution in [0.2, 0.25) is 0 Å². The molecule has 2 heterocycles. The predicted molar refractivity (Wildman–Crippen MR) is 64.6 cm³/mol. The Morgan fingerprint density at radius 3 is 2.88 bits per heavy atom. The standard InChI is InChI=1S/C11H18N2O3S/c1-8-10(3-2-5-12)16-11(13-8)9-4-6-17(14,15)7-9/h9H,2-7,12H2,1H3. The Morgan fingerprint density at radius 2 is 2.29 bits per heavy atom. The van der Waals surface area contributed by atoms with Crippen molar-refractivity contribution in [2.75, 3.05) is 18.1 Å². The van der Waals surface area contributed by atoms with E-state index < -0.39 is 9.84 Å². The first-order valence-corrected chi connectivity index (χ1v) is 7.70. The van der Waals surface area contributed by atoms with Crippen molar-refractivity contribution in [1.82, 2.24) is 4.98 Å². The molecule has 0 radical (unpaired) electrons. The summed E-state index contributed by atoms with van der Waals surface area (Å²) in [5, 5.41) is 0. The number of hydrogen-bond donors (Lipinski definition) is 1. The van der Waals surface area contributed by atoms with Gasteiger partial charge in [0, 0.05) is 6.42 Å². The van der Waals surface area contributed by atoms with E-state index in [0.29, 0.717) is 18.9 Å². The Kier molecular flexibility index (Phi) is 3.53. The third kappa shape index (κ3) is 2.87. The maximum absolute atomic E-state index is 11.4. The molecule has 1 aromatic heterocycles. The van der Waals surface area contributed by atoms with Crippen LogP contribution in [0.4, 0.5) is 0 Å². The van der Waals surface area contributed by atoms with Gasteiger partial charge in [-0.05, 0) is 26.3 Å². The second kappa shape index (κ2) is 4.78. The van der Waals surface area contributed by atoms with Gasteiger partial charge in [-0.15, -0.1) is 0 Å². The molecular weight excluding hydrogens is 240 g/mol. The Morgan fingerprint density at radius 1 is 1.53 bits per heavy atom. The van der Waals surface area contributed by atoms with Crippen LogP contribution in [-0.2, 0) is 16.3 Å². The van der Waals surface area contributed by atoms with Gasteiger partial charge in [-0.1, -0.05) is 0 Å². The van der Waals surface area contributed by atoms with E-state index >= 15 is 0 Å². The number of nitrogens with zero attached hydrogens (tertiary/aromatic N) is 1. The van der Waals surface area contributed by atoms with Crippen molar-refractivity contribution in [3.8, 4) is 0 Å². The van der Waals surface area contributed by atoms with E-state index in [0.717, 1.165) is 24.3 Å². The van der Waals surface area contributed by atoms with Crippen LogP contribution < -0.4 is 5.73 Å². The number of aryl methyl sites for hydroxylation is 2. The molecule has 1 saturated heterocycles. The zero-order valence-corrected chi connectivity index (χ0v) is 10.8. The molecule has 0 amide bonds. The predicted octanol–water partition coefficient (Wildman–Crippen LogP) is 0.776. The van der Waals surface area contributed by atoms with E-state index in [-0.39, 0.29) is 17.4 Å². The Bertz CT molecular complexity index is 493. The summed E-state index contributed by atoms with van der Waals surface area (Å²) in [5.74, 6) is 1.77. The minimum atomic E-state index is -2.88. The number of rotatable bonds is 4. The number of sulfone groups is 1. The zero-order chi connectivity index (χ0) is 12.5. The lowest BCUT2D eigenvalue weighted by Crippen LogP contribution is -2.04. The molecule has 2 rings (SSSR count). The van der Waals surface area contributed by atoms with Crippen molar-refractivity contribution in [2.24, 2.45) is 5.73 Å². The summed E-state index contributed by atoms with van der Waals surface area (Å²) in [4.78, 5) is 4.34. The highest BCUT2D eigenvalue weighted by Gasteiger charge is 2.32. The van der Waals surface area contributed by atoms with Gasteiger partial charge >= 0.3 is 0 Å². The van der Waals surface area contributed by atoms with Crippen molar-refractivity contribution in [1.29, 1.82) is 0 Å². The monoisotopic (exact) mass is 258 g/mol. The topological polar surface area (TPSA) is 86.2 Å². The highest BCUT2D eigenvalue weighted by Crippen LogP contribution is 2.29. The van der Waals surface area contributed by atoms with Crippen molar-refractivity contribution in [3.05, 3.63) is 17.3 Å². The largest absolute Gasteiger partial charge is 0.445 e. The van der Waals surface area contributed by atoms with Crippen molar-refractivity contribution < 1.29 is 12.8 Å². The van der Waals surface area contributed by atoms with Crippen LogP contribution in [0, 0.1) is 6.92 Å². The lowest BCUT2D eigenvalue weighted by atomic mass is 10.1. The second-order valence-corrected chi connectivity index (χ2v) is 6.78. The van der Waals surface area contributed by atoms with E-state index in [9.17, 15) is 8.42 Å². The molecule has 0 aliphatic carbocycles. The first-order valence-electron chi connectivity index (χ1n) is 5.88. The van der Waals surface area contributed by atoms with E-state index in [4.69, 9.17) is 10.2 Å². The molecule has 0 bridgehead atoms. The molecule has 0 saturated carbocycles. The molecule has 1 unspecified atom stereocenters. The van der Waals surface area contributed by atoms with Gasteiger partial charge in [0.15, 0.2) is 15.7 Å². The summed E-state index contributed by atoms with van der Waals surface area (Å²) in [5.41, 5.74) is 6.31. The van der Waals surface area contributed by atoms with E-state index in [1.54, 1.807) is 0 Å². The molecule has 96 valence electrons. The van der Waals surface area contributed by atoms with Crippen LogP contribution in [-0.4, -0.2) is 31.5 Å². The van der Waals surface area contributed by atoms with Gasteiger partial charge in [-0.2, -0.15) is 0 Å². The average molecular weight is 258 g/mol. The van der Waals surface area contributed by atoms with E-state index in [1.807, 2.05) is 6.92 Å². The minimum absolute atomic E-state index is 0.0645. The number of aromatic nitrogens is 1. The molecule has 0 spiro atoms. The normalized spacial score (nSPS) is 23.1. The Labute approximate surface area is 101 Å². The van der Waals surface area contributed by atoms with Gasteiger partial charge in [0.1, 0.15) is 5.76 Å². The summed E-state index contributed by atoms with van der Waals surface area (Å²) < 4.78 is 28.4. The Hall–Kier alpha value is -0.880. The van der Waals surface area contributed by atoms with Gasteiger partial charge in [-0.25, -0.2) is 13.4 Å². The summed E-state index contributed by atoms with van der Waals surface area (Å²) >= 11 is 0. The third-order valence-electron chi connectivity index (χ3n) is 3.10. The lowest BCUT2D eigenvalue weighted by Gasteiger charge is -2.00. The first kappa shape index (κ1) is 12.6. The SMILES string of the molecule is Cc1nc(C2CCS(=O)(=O)C2)oc1CCCN. The molecule has 1 atom stereocenters. The van der Waals surface area contributed by atoms with Crippen molar-refractivity contribution >= 4 is 9.84 Å². The molecule has 6 heteroatoms. The molecule has 1 aliphatic heterocycles. The van der Waals surface area contributed by atoms with Crippen LogP contribution in [0.3, 0.4) is 0 Å². The molecule has 0 aromatic carbocycles. The summed E-state index contributed by atoms with van der Waals surface area (Å²) in [6, 6.07) is 0. The van der Waals surface area contributed by atoms with Crippen molar-refractivity contribution in [3.63, 3.8) is 0 Å². The van der Waals surface area contributed by atoms with Crippen LogP contribution in [0.25, 0.3) is 0 Å². The summed E-state index contributed by atoms with van der Waals surface area (Å²) in [6.45, 7) is 2.51. The molecule has 17 heavy (non-hydrogen) atoms. The summed E-state index contributed by atoms with van der Waals surface area (Å²) in [6.07, 6.45) is 2.26.